The standard InChI is InChI=1S/C19H23BFNO2/c1-18(2)19(3,4)24-20(23-18)16-11-8-12-17(21)15(16)13-22-14-9-6-5-7-10-14/h5-12,22H,13H2,1-4H3. The van der Waals surface area contributed by atoms with Gasteiger partial charge in [-0.05, 0) is 51.4 Å². The number of anilines is 1. The van der Waals surface area contributed by atoms with E-state index in [1.807, 2.05) is 64.1 Å². The van der Waals surface area contributed by atoms with Crippen molar-refractivity contribution in [2.24, 2.45) is 0 Å². The van der Waals surface area contributed by atoms with E-state index in [0.29, 0.717) is 12.1 Å². The summed E-state index contributed by atoms with van der Waals surface area (Å²) in [5, 5.41) is 3.26. The minimum absolute atomic E-state index is 0.259. The first kappa shape index (κ1) is 17.0. The van der Waals surface area contributed by atoms with Gasteiger partial charge in [-0.15, -0.1) is 0 Å². The zero-order chi connectivity index (χ0) is 17.4. The quantitative estimate of drug-likeness (QED) is 0.868. The molecule has 1 aliphatic heterocycles. The molecule has 2 aromatic carbocycles. The maximum Gasteiger partial charge on any atom is 0.495 e. The first-order chi connectivity index (χ1) is 11.3. The van der Waals surface area contributed by atoms with Crippen molar-refractivity contribution in [3.63, 3.8) is 0 Å². The van der Waals surface area contributed by atoms with Crippen molar-refractivity contribution in [2.45, 2.75) is 45.4 Å². The van der Waals surface area contributed by atoms with Crippen LogP contribution in [0.15, 0.2) is 48.5 Å². The molecular weight excluding hydrogens is 304 g/mol. The Morgan fingerprint density at radius 1 is 0.917 bits per heavy atom. The Balaban J connectivity index is 1.86. The van der Waals surface area contributed by atoms with Gasteiger partial charge in [0.2, 0.25) is 0 Å². The lowest BCUT2D eigenvalue weighted by molar-refractivity contribution is 0.00578. The molecule has 126 valence electrons. The molecule has 1 fully saturated rings. The summed E-state index contributed by atoms with van der Waals surface area (Å²) in [6, 6.07) is 14.8. The van der Waals surface area contributed by atoms with Gasteiger partial charge in [0.15, 0.2) is 0 Å². The SMILES string of the molecule is CC1(C)OB(c2cccc(F)c2CNc2ccccc2)OC1(C)C. The van der Waals surface area contributed by atoms with Gasteiger partial charge in [0.05, 0.1) is 11.2 Å². The van der Waals surface area contributed by atoms with E-state index in [1.54, 1.807) is 6.07 Å². The third-order valence-electron chi connectivity index (χ3n) is 4.91. The van der Waals surface area contributed by atoms with Crippen LogP contribution in [0.1, 0.15) is 33.3 Å². The van der Waals surface area contributed by atoms with Crippen molar-refractivity contribution in [1.29, 1.82) is 0 Å². The highest BCUT2D eigenvalue weighted by Gasteiger charge is 2.52. The second-order valence-corrected chi connectivity index (χ2v) is 7.12. The van der Waals surface area contributed by atoms with Crippen molar-refractivity contribution in [3.05, 3.63) is 59.9 Å². The molecule has 0 atom stereocenters. The minimum atomic E-state index is -0.571. The second-order valence-electron chi connectivity index (χ2n) is 7.12. The van der Waals surface area contributed by atoms with Crippen LogP contribution in [0.25, 0.3) is 0 Å². The van der Waals surface area contributed by atoms with Crippen molar-refractivity contribution in [2.75, 3.05) is 5.32 Å². The highest BCUT2D eigenvalue weighted by atomic mass is 19.1. The summed E-state index contributed by atoms with van der Waals surface area (Å²) in [6.45, 7) is 8.35. The van der Waals surface area contributed by atoms with E-state index in [2.05, 4.69) is 5.32 Å². The number of halogens is 1. The Bertz CT molecular complexity index is 703. The van der Waals surface area contributed by atoms with Crippen LogP contribution in [0.4, 0.5) is 10.1 Å². The average molecular weight is 327 g/mol. The lowest BCUT2D eigenvalue weighted by Crippen LogP contribution is -2.41. The van der Waals surface area contributed by atoms with Gasteiger partial charge in [-0.2, -0.15) is 0 Å². The molecule has 1 heterocycles. The van der Waals surface area contributed by atoms with Crippen LogP contribution in [0.2, 0.25) is 0 Å². The summed E-state index contributed by atoms with van der Waals surface area (Å²) in [4.78, 5) is 0. The fraction of sp³-hybridized carbons (Fsp3) is 0.368. The summed E-state index contributed by atoms with van der Waals surface area (Å²) in [5.74, 6) is -0.259. The van der Waals surface area contributed by atoms with E-state index in [0.717, 1.165) is 11.2 Å². The van der Waals surface area contributed by atoms with E-state index < -0.39 is 18.3 Å². The number of hydrogen-bond acceptors (Lipinski definition) is 3. The maximum absolute atomic E-state index is 14.4. The largest absolute Gasteiger partial charge is 0.495 e. The molecule has 5 heteroatoms. The Morgan fingerprint density at radius 3 is 2.17 bits per heavy atom. The number of nitrogens with one attached hydrogen (secondary N) is 1. The molecule has 0 aliphatic carbocycles. The number of benzene rings is 2. The van der Waals surface area contributed by atoms with Gasteiger partial charge in [-0.3, -0.25) is 0 Å². The number of para-hydroxylation sites is 1. The van der Waals surface area contributed by atoms with Gasteiger partial charge in [0, 0.05) is 17.8 Å². The molecule has 1 saturated heterocycles. The smallest absolute Gasteiger partial charge is 0.399 e. The van der Waals surface area contributed by atoms with Gasteiger partial charge in [-0.25, -0.2) is 4.39 Å². The Morgan fingerprint density at radius 2 is 1.54 bits per heavy atom. The Labute approximate surface area is 143 Å². The first-order valence-electron chi connectivity index (χ1n) is 8.22. The second kappa shape index (κ2) is 6.23. The summed E-state index contributed by atoms with van der Waals surface area (Å²) in [7, 11) is -0.571. The number of hydrogen-bond donors (Lipinski definition) is 1. The molecule has 0 radical (unpaired) electrons. The monoisotopic (exact) mass is 327 g/mol. The third-order valence-corrected chi connectivity index (χ3v) is 4.91. The number of rotatable bonds is 4. The van der Waals surface area contributed by atoms with E-state index in [4.69, 9.17) is 9.31 Å². The maximum atomic E-state index is 14.4. The van der Waals surface area contributed by atoms with Crippen molar-refractivity contribution < 1.29 is 13.7 Å². The van der Waals surface area contributed by atoms with E-state index in [-0.39, 0.29) is 5.82 Å². The highest BCUT2D eigenvalue weighted by molar-refractivity contribution is 6.62. The van der Waals surface area contributed by atoms with Gasteiger partial charge in [0.25, 0.3) is 0 Å². The zero-order valence-electron chi connectivity index (χ0n) is 14.6. The summed E-state index contributed by atoms with van der Waals surface area (Å²) < 4.78 is 26.6. The van der Waals surface area contributed by atoms with Crippen molar-refractivity contribution in [3.8, 4) is 0 Å². The van der Waals surface area contributed by atoms with Gasteiger partial charge < -0.3 is 14.6 Å². The van der Waals surface area contributed by atoms with Crippen LogP contribution < -0.4 is 10.8 Å². The summed E-state index contributed by atoms with van der Waals surface area (Å²) in [5.41, 5.74) is 1.35. The molecule has 0 aromatic heterocycles. The molecule has 0 spiro atoms. The van der Waals surface area contributed by atoms with Crippen LogP contribution >= 0.6 is 0 Å². The predicted molar refractivity (Wildman–Crippen MR) is 95.9 cm³/mol. The van der Waals surface area contributed by atoms with Crippen LogP contribution in [0.5, 0.6) is 0 Å². The van der Waals surface area contributed by atoms with Crippen molar-refractivity contribution >= 4 is 18.3 Å². The van der Waals surface area contributed by atoms with Crippen LogP contribution in [0.3, 0.4) is 0 Å². The molecule has 0 amide bonds. The third kappa shape index (κ3) is 3.19. The zero-order valence-corrected chi connectivity index (χ0v) is 14.6. The lowest BCUT2D eigenvalue weighted by Gasteiger charge is -2.32. The van der Waals surface area contributed by atoms with Gasteiger partial charge >= 0.3 is 7.12 Å². The molecule has 1 N–H and O–H groups in total. The van der Waals surface area contributed by atoms with Crippen LogP contribution in [0, 0.1) is 5.82 Å². The Kier molecular flexibility index (Phi) is 4.41. The molecule has 3 nitrogen and oxygen atoms in total. The molecule has 3 rings (SSSR count). The minimum Gasteiger partial charge on any atom is -0.399 e. The molecular formula is C19H23BFNO2. The highest BCUT2D eigenvalue weighted by Crippen LogP contribution is 2.36. The van der Waals surface area contributed by atoms with Crippen molar-refractivity contribution in [1.82, 2.24) is 0 Å². The summed E-state index contributed by atoms with van der Waals surface area (Å²) in [6.07, 6.45) is 0. The van der Waals surface area contributed by atoms with E-state index in [9.17, 15) is 4.39 Å². The van der Waals surface area contributed by atoms with Gasteiger partial charge in [0.1, 0.15) is 5.82 Å². The molecule has 0 saturated carbocycles. The predicted octanol–water partition coefficient (Wildman–Crippen LogP) is 3.74. The fourth-order valence-electron chi connectivity index (χ4n) is 2.70. The van der Waals surface area contributed by atoms with E-state index in [1.165, 1.54) is 6.07 Å². The van der Waals surface area contributed by atoms with Crippen LogP contribution in [-0.4, -0.2) is 18.3 Å². The van der Waals surface area contributed by atoms with Gasteiger partial charge in [-0.1, -0.05) is 30.3 Å². The topological polar surface area (TPSA) is 30.5 Å². The summed E-state index contributed by atoms with van der Waals surface area (Å²) >= 11 is 0. The van der Waals surface area contributed by atoms with Crippen LogP contribution in [-0.2, 0) is 15.9 Å². The normalized spacial score (nSPS) is 18.6. The molecule has 2 aromatic rings. The fourth-order valence-corrected chi connectivity index (χ4v) is 2.70. The first-order valence-corrected chi connectivity index (χ1v) is 8.22. The Hall–Kier alpha value is -1.85. The lowest BCUT2D eigenvalue weighted by atomic mass is 9.75. The molecule has 0 bridgehead atoms. The molecule has 0 unspecified atom stereocenters. The van der Waals surface area contributed by atoms with E-state index >= 15 is 0 Å². The average Bonchev–Trinajstić information content (AvgIpc) is 2.75. The molecule has 24 heavy (non-hydrogen) atoms. The molecule has 1 aliphatic rings.